The van der Waals surface area contributed by atoms with Crippen LogP contribution >= 0.6 is 0 Å². The molecule has 0 rings (SSSR count). The minimum atomic E-state index is 0.336. The smallest absolute Gasteiger partial charge is 0.0433 e. The molecule has 0 saturated carbocycles. The molecule has 0 heterocycles. The maximum Gasteiger partial charge on any atom is 0.0433 e. The van der Waals surface area contributed by atoms with Crippen LogP contribution in [0.25, 0.3) is 0 Å². The van der Waals surface area contributed by atoms with Crippen LogP contribution < -0.4 is 0 Å². The van der Waals surface area contributed by atoms with Crippen molar-refractivity contribution < 1.29 is 5.11 Å². The standard InChI is InChI=1S/C18H36O/c1-3-4-5-6-7-8-9-10-11-12-13-14-15-18(2)16-17-19/h12-13,18-19H,3-11,14-17H2,1-2H3/t18-/m0/s1. The number of aliphatic hydroxyl groups excluding tert-OH is 1. The zero-order valence-corrected chi connectivity index (χ0v) is 13.4. The Hall–Kier alpha value is -0.300. The van der Waals surface area contributed by atoms with Gasteiger partial charge in [-0.15, -0.1) is 0 Å². The zero-order chi connectivity index (χ0) is 14.2. The predicted molar refractivity (Wildman–Crippen MR) is 86.5 cm³/mol. The van der Waals surface area contributed by atoms with E-state index in [1.54, 1.807) is 0 Å². The van der Waals surface area contributed by atoms with Gasteiger partial charge in [0.05, 0.1) is 0 Å². The molecule has 0 aromatic carbocycles. The quantitative estimate of drug-likeness (QED) is 0.308. The van der Waals surface area contributed by atoms with E-state index in [-0.39, 0.29) is 0 Å². The van der Waals surface area contributed by atoms with Crippen molar-refractivity contribution in [3.05, 3.63) is 12.2 Å². The lowest BCUT2D eigenvalue weighted by atomic mass is 10.0. The van der Waals surface area contributed by atoms with Crippen molar-refractivity contribution in [3.63, 3.8) is 0 Å². The van der Waals surface area contributed by atoms with Crippen LogP contribution in [0.15, 0.2) is 12.2 Å². The lowest BCUT2D eigenvalue weighted by molar-refractivity contribution is 0.259. The molecule has 0 aromatic rings. The maximum absolute atomic E-state index is 8.81. The van der Waals surface area contributed by atoms with Gasteiger partial charge < -0.3 is 5.11 Å². The van der Waals surface area contributed by atoms with E-state index < -0.39 is 0 Å². The molecule has 0 amide bonds. The first kappa shape index (κ1) is 18.7. The Labute approximate surface area is 121 Å². The molecule has 1 atom stereocenters. The summed E-state index contributed by atoms with van der Waals surface area (Å²) in [5, 5.41) is 8.81. The van der Waals surface area contributed by atoms with E-state index >= 15 is 0 Å². The molecule has 0 fully saturated rings. The van der Waals surface area contributed by atoms with Crippen molar-refractivity contribution in [1.82, 2.24) is 0 Å². The number of aliphatic hydroxyl groups is 1. The van der Waals surface area contributed by atoms with E-state index in [4.69, 9.17) is 5.11 Å². The molecule has 0 aliphatic heterocycles. The Balaban J connectivity index is 3.12. The van der Waals surface area contributed by atoms with Gasteiger partial charge in [-0.3, -0.25) is 0 Å². The summed E-state index contributed by atoms with van der Waals surface area (Å²) >= 11 is 0. The Morgan fingerprint density at radius 1 is 0.789 bits per heavy atom. The minimum absolute atomic E-state index is 0.336. The Morgan fingerprint density at radius 2 is 1.37 bits per heavy atom. The fourth-order valence-electron chi connectivity index (χ4n) is 2.38. The van der Waals surface area contributed by atoms with Gasteiger partial charge in [0, 0.05) is 6.61 Å². The Bertz CT molecular complexity index is 186. The largest absolute Gasteiger partial charge is 0.396 e. The molecule has 0 saturated heterocycles. The second-order valence-corrected chi connectivity index (χ2v) is 5.93. The average molecular weight is 268 g/mol. The van der Waals surface area contributed by atoms with Gasteiger partial charge in [0.25, 0.3) is 0 Å². The molecule has 1 nitrogen and oxygen atoms in total. The van der Waals surface area contributed by atoms with Crippen LogP contribution in [-0.2, 0) is 0 Å². The summed E-state index contributed by atoms with van der Waals surface area (Å²) in [4.78, 5) is 0. The lowest BCUT2D eigenvalue weighted by Gasteiger charge is -2.06. The second kappa shape index (κ2) is 15.8. The zero-order valence-electron chi connectivity index (χ0n) is 13.4. The van der Waals surface area contributed by atoms with Crippen LogP contribution in [0, 0.1) is 5.92 Å². The lowest BCUT2D eigenvalue weighted by Crippen LogP contribution is -1.96. The highest BCUT2D eigenvalue weighted by Gasteiger charge is 1.98. The molecule has 0 spiro atoms. The number of allylic oxidation sites excluding steroid dienone is 2. The SMILES string of the molecule is CCCCCCCCCCC=CCC[C@H](C)CCO. The monoisotopic (exact) mass is 268 g/mol. The van der Waals surface area contributed by atoms with Crippen molar-refractivity contribution in [2.24, 2.45) is 5.92 Å². The summed E-state index contributed by atoms with van der Waals surface area (Å²) in [6.07, 6.45) is 20.5. The predicted octanol–water partition coefficient (Wildman–Crippen LogP) is 5.87. The molecule has 19 heavy (non-hydrogen) atoms. The third kappa shape index (κ3) is 15.6. The van der Waals surface area contributed by atoms with E-state index in [0.29, 0.717) is 12.5 Å². The van der Waals surface area contributed by atoms with Gasteiger partial charge >= 0.3 is 0 Å². The third-order valence-electron chi connectivity index (χ3n) is 3.84. The summed E-state index contributed by atoms with van der Waals surface area (Å²) in [6, 6.07) is 0. The van der Waals surface area contributed by atoms with Crippen LogP contribution in [-0.4, -0.2) is 11.7 Å². The fourth-order valence-corrected chi connectivity index (χ4v) is 2.38. The molecule has 1 N–H and O–H groups in total. The highest BCUT2D eigenvalue weighted by Crippen LogP contribution is 2.12. The third-order valence-corrected chi connectivity index (χ3v) is 3.84. The average Bonchev–Trinajstić information content (AvgIpc) is 2.40. The molecule has 0 aliphatic carbocycles. The van der Waals surface area contributed by atoms with Gasteiger partial charge in [-0.05, 0) is 38.0 Å². The molecule has 0 unspecified atom stereocenters. The summed E-state index contributed by atoms with van der Waals surface area (Å²) < 4.78 is 0. The highest BCUT2D eigenvalue weighted by atomic mass is 16.3. The number of hydrogen-bond acceptors (Lipinski definition) is 1. The summed E-state index contributed by atoms with van der Waals surface area (Å²) in [6.45, 7) is 4.84. The highest BCUT2D eigenvalue weighted by molar-refractivity contribution is 4.81. The van der Waals surface area contributed by atoms with Gasteiger partial charge in [-0.25, -0.2) is 0 Å². The van der Waals surface area contributed by atoms with E-state index in [9.17, 15) is 0 Å². The molecular weight excluding hydrogens is 232 g/mol. The van der Waals surface area contributed by atoms with E-state index in [1.165, 1.54) is 70.6 Å². The van der Waals surface area contributed by atoms with E-state index in [0.717, 1.165) is 6.42 Å². The first-order chi connectivity index (χ1) is 9.31. The van der Waals surface area contributed by atoms with Gasteiger partial charge in [0.2, 0.25) is 0 Å². The fraction of sp³-hybridized carbons (Fsp3) is 0.889. The topological polar surface area (TPSA) is 20.2 Å². The molecule has 0 aromatic heterocycles. The number of hydrogen-bond donors (Lipinski definition) is 1. The van der Waals surface area contributed by atoms with E-state index in [2.05, 4.69) is 26.0 Å². The molecule has 0 bridgehead atoms. The summed E-state index contributed by atoms with van der Waals surface area (Å²) in [5.74, 6) is 0.665. The maximum atomic E-state index is 8.81. The molecular formula is C18H36O. The summed E-state index contributed by atoms with van der Waals surface area (Å²) in [5.41, 5.74) is 0. The molecule has 1 heteroatoms. The molecule has 0 radical (unpaired) electrons. The molecule has 0 aliphatic rings. The first-order valence-electron chi connectivity index (χ1n) is 8.57. The van der Waals surface area contributed by atoms with Gasteiger partial charge in [-0.1, -0.05) is 70.9 Å². The van der Waals surface area contributed by atoms with Gasteiger partial charge in [0.1, 0.15) is 0 Å². The van der Waals surface area contributed by atoms with Crippen molar-refractivity contribution >= 4 is 0 Å². The van der Waals surface area contributed by atoms with Crippen LogP contribution in [0.4, 0.5) is 0 Å². The normalized spacial score (nSPS) is 13.2. The molecule has 114 valence electrons. The Kier molecular flexibility index (Phi) is 15.5. The van der Waals surface area contributed by atoms with E-state index in [1.807, 2.05) is 0 Å². The van der Waals surface area contributed by atoms with Gasteiger partial charge in [-0.2, -0.15) is 0 Å². The summed E-state index contributed by atoms with van der Waals surface area (Å²) in [7, 11) is 0. The number of rotatable bonds is 14. The van der Waals surface area contributed by atoms with Crippen LogP contribution in [0.3, 0.4) is 0 Å². The van der Waals surface area contributed by atoms with Crippen molar-refractivity contribution in [2.45, 2.75) is 90.9 Å². The second-order valence-electron chi connectivity index (χ2n) is 5.93. The van der Waals surface area contributed by atoms with Gasteiger partial charge in [0.15, 0.2) is 0 Å². The van der Waals surface area contributed by atoms with Crippen LogP contribution in [0.1, 0.15) is 90.9 Å². The number of unbranched alkanes of at least 4 members (excludes halogenated alkanes) is 8. The van der Waals surface area contributed by atoms with Crippen molar-refractivity contribution in [2.75, 3.05) is 6.61 Å². The van der Waals surface area contributed by atoms with Crippen LogP contribution in [0.5, 0.6) is 0 Å². The van der Waals surface area contributed by atoms with Crippen molar-refractivity contribution in [1.29, 1.82) is 0 Å². The minimum Gasteiger partial charge on any atom is -0.396 e. The van der Waals surface area contributed by atoms with Crippen LogP contribution in [0.2, 0.25) is 0 Å². The Morgan fingerprint density at radius 3 is 2.00 bits per heavy atom. The van der Waals surface area contributed by atoms with Crippen molar-refractivity contribution in [3.8, 4) is 0 Å². The first-order valence-corrected chi connectivity index (χ1v) is 8.57.